The Morgan fingerprint density at radius 3 is 2.79 bits per heavy atom. The van der Waals surface area contributed by atoms with Gasteiger partial charge in [0.2, 0.25) is 5.91 Å². The smallest absolute Gasteiger partial charge is 0.228 e. The van der Waals surface area contributed by atoms with Crippen molar-refractivity contribution in [3.05, 3.63) is 65.2 Å². The van der Waals surface area contributed by atoms with E-state index in [-0.39, 0.29) is 18.1 Å². The summed E-state index contributed by atoms with van der Waals surface area (Å²) < 4.78 is 15.3. The van der Waals surface area contributed by atoms with E-state index in [2.05, 4.69) is 20.8 Å². The highest BCUT2D eigenvalue weighted by molar-refractivity contribution is 5.92. The van der Waals surface area contributed by atoms with Crippen molar-refractivity contribution in [3.8, 4) is 5.69 Å². The Hall–Kier alpha value is -3.09. The Labute approximate surface area is 138 Å². The highest BCUT2D eigenvalue weighted by Crippen LogP contribution is 2.16. The van der Waals surface area contributed by atoms with Gasteiger partial charge in [-0.05, 0) is 54.1 Å². The molecule has 1 aromatic heterocycles. The molecular formula is C17H16FN5O. The Balaban J connectivity index is 1.75. The minimum atomic E-state index is -0.381. The van der Waals surface area contributed by atoms with Crippen molar-refractivity contribution in [2.24, 2.45) is 0 Å². The van der Waals surface area contributed by atoms with Gasteiger partial charge in [0.1, 0.15) is 5.82 Å². The van der Waals surface area contributed by atoms with Gasteiger partial charge in [-0.1, -0.05) is 23.8 Å². The van der Waals surface area contributed by atoms with Crippen LogP contribution in [0.2, 0.25) is 0 Å². The standard InChI is InChI=1S/C17H16FN5O/c1-11-6-7-16(18)13(8-11)9-17(24)19-14-4-3-5-15(10-14)23-12(2)20-21-22-23/h3-8,10H,9H2,1-2H3,(H,19,24). The first-order valence-corrected chi connectivity index (χ1v) is 7.43. The zero-order valence-electron chi connectivity index (χ0n) is 13.3. The molecule has 1 N–H and O–H groups in total. The molecule has 2 aromatic carbocycles. The highest BCUT2D eigenvalue weighted by atomic mass is 19.1. The third-order valence-corrected chi connectivity index (χ3v) is 3.55. The summed E-state index contributed by atoms with van der Waals surface area (Å²) in [6.07, 6.45) is -0.0261. The van der Waals surface area contributed by atoms with Crippen molar-refractivity contribution in [3.63, 3.8) is 0 Å². The van der Waals surface area contributed by atoms with Crippen LogP contribution in [0.25, 0.3) is 5.69 Å². The molecule has 6 nitrogen and oxygen atoms in total. The molecule has 0 fully saturated rings. The maximum atomic E-state index is 13.8. The largest absolute Gasteiger partial charge is 0.326 e. The lowest BCUT2D eigenvalue weighted by Crippen LogP contribution is -2.15. The van der Waals surface area contributed by atoms with Gasteiger partial charge in [0.15, 0.2) is 5.82 Å². The summed E-state index contributed by atoms with van der Waals surface area (Å²) in [5.74, 6) is -0.0285. The number of nitrogens with one attached hydrogen (secondary N) is 1. The number of halogens is 1. The van der Waals surface area contributed by atoms with Crippen LogP contribution in [0.3, 0.4) is 0 Å². The lowest BCUT2D eigenvalue weighted by Gasteiger charge is -2.09. The summed E-state index contributed by atoms with van der Waals surface area (Å²) in [5.41, 5.74) is 2.62. The van der Waals surface area contributed by atoms with Gasteiger partial charge >= 0.3 is 0 Å². The number of aryl methyl sites for hydroxylation is 2. The molecule has 0 aliphatic heterocycles. The normalized spacial score (nSPS) is 10.6. The van der Waals surface area contributed by atoms with Crippen molar-refractivity contribution in [2.75, 3.05) is 5.32 Å². The molecule has 122 valence electrons. The van der Waals surface area contributed by atoms with Gasteiger partial charge in [-0.2, -0.15) is 4.68 Å². The maximum absolute atomic E-state index is 13.8. The van der Waals surface area contributed by atoms with Crippen LogP contribution in [0, 0.1) is 19.7 Å². The number of rotatable bonds is 4. The van der Waals surface area contributed by atoms with E-state index in [1.807, 2.05) is 13.0 Å². The number of carbonyl (C=O) groups is 1. The van der Waals surface area contributed by atoms with Gasteiger partial charge in [-0.25, -0.2) is 4.39 Å². The highest BCUT2D eigenvalue weighted by Gasteiger charge is 2.10. The molecule has 1 amide bonds. The van der Waals surface area contributed by atoms with Crippen molar-refractivity contribution in [1.29, 1.82) is 0 Å². The second kappa shape index (κ2) is 6.57. The fourth-order valence-corrected chi connectivity index (χ4v) is 2.40. The third-order valence-electron chi connectivity index (χ3n) is 3.55. The number of anilines is 1. The third kappa shape index (κ3) is 3.45. The topological polar surface area (TPSA) is 72.7 Å². The predicted molar refractivity (Wildman–Crippen MR) is 87.4 cm³/mol. The number of carbonyl (C=O) groups excluding carboxylic acids is 1. The van der Waals surface area contributed by atoms with Crippen LogP contribution in [0.15, 0.2) is 42.5 Å². The molecule has 0 aliphatic carbocycles. The van der Waals surface area contributed by atoms with E-state index in [0.717, 1.165) is 11.3 Å². The Morgan fingerprint density at radius 1 is 1.21 bits per heavy atom. The van der Waals surface area contributed by atoms with Gasteiger partial charge in [0.05, 0.1) is 12.1 Å². The summed E-state index contributed by atoms with van der Waals surface area (Å²) >= 11 is 0. The quantitative estimate of drug-likeness (QED) is 0.800. The lowest BCUT2D eigenvalue weighted by molar-refractivity contribution is -0.115. The number of nitrogens with zero attached hydrogens (tertiary/aromatic N) is 4. The summed E-state index contributed by atoms with van der Waals surface area (Å²) in [7, 11) is 0. The maximum Gasteiger partial charge on any atom is 0.228 e. The van der Waals surface area contributed by atoms with Gasteiger partial charge in [0, 0.05) is 5.69 Å². The number of amides is 1. The molecule has 0 spiro atoms. The fourth-order valence-electron chi connectivity index (χ4n) is 2.40. The van der Waals surface area contributed by atoms with E-state index < -0.39 is 0 Å². The van der Waals surface area contributed by atoms with Crippen LogP contribution in [0.1, 0.15) is 17.0 Å². The molecule has 0 saturated heterocycles. The van der Waals surface area contributed by atoms with Crippen molar-refractivity contribution in [2.45, 2.75) is 20.3 Å². The SMILES string of the molecule is Cc1ccc(F)c(CC(=O)Nc2cccc(-n3nnnc3C)c2)c1. The van der Waals surface area contributed by atoms with Gasteiger partial charge in [-0.15, -0.1) is 5.10 Å². The van der Waals surface area contributed by atoms with E-state index in [4.69, 9.17) is 0 Å². The van der Waals surface area contributed by atoms with Crippen molar-refractivity contribution < 1.29 is 9.18 Å². The Morgan fingerprint density at radius 2 is 2.04 bits per heavy atom. The van der Waals surface area contributed by atoms with Crippen LogP contribution in [-0.2, 0) is 11.2 Å². The van der Waals surface area contributed by atoms with E-state index in [1.54, 1.807) is 41.9 Å². The average molecular weight is 325 g/mol. The zero-order valence-corrected chi connectivity index (χ0v) is 13.3. The molecule has 0 radical (unpaired) electrons. The zero-order chi connectivity index (χ0) is 17.1. The van der Waals surface area contributed by atoms with Crippen LogP contribution in [0.4, 0.5) is 10.1 Å². The number of aromatic nitrogens is 4. The molecule has 0 unspecified atom stereocenters. The monoisotopic (exact) mass is 325 g/mol. The second-order valence-electron chi connectivity index (χ2n) is 5.51. The first kappa shape index (κ1) is 15.8. The van der Waals surface area contributed by atoms with E-state index in [9.17, 15) is 9.18 Å². The number of hydrogen-bond donors (Lipinski definition) is 1. The second-order valence-corrected chi connectivity index (χ2v) is 5.51. The summed E-state index contributed by atoms with van der Waals surface area (Å²) in [6.45, 7) is 3.64. The molecule has 0 atom stereocenters. The minimum Gasteiger partial charge on any atom is -0.326 e. The molecule has 24 heavy (non-hydrogen) atoms. The summed E-state index contributed by atoms with van der Waals surface area (Å²) in [4.78, 5) is 12.2. The first-order valence-electron chi connectivity index (χ1n) is 7.43. The summed E-state index contributed by atoms with van der Waals surface area (Å²) in [5, 5.41) is 14.1. The minimum absolute atomic E-state index is 0.0261. The Bertz CT molecular complexity index is 890. The van der Waals surface area contributed by atoms with E-state index >= 15 is 0 Å². The molecule has 3 rings (SSSR count). The molecule has 0 saturated carbocycles. The molecule has 7 heteroatoms. The molecule has 1 heterocycles. The fraction of sp³-hybridized carbons (Fsp3) is 0.176. The molecular weight excluding hydrogens is 309 g/mol. The predicted octanol–water partition coefficient (Wildman–Crippen LogP) is 2.60. The Kier molecular flexibility index (Phi) is 4.33. The average Bonchev–Trinajstić information content (AvgIpc) is 2.97. The first-order chi connectivity index (χ1) is 11.5. The lowest BCUT2D eigenvalue weighted by atomic mass is 10.1. The summed E-state index contributed by atoms with van der Waals surface area (Å²) in [6, 6.07) is 11.9. The van der Waals surface area contributed by atoms with Crippen molar-refractivity contribution >= 4 is 11.6 Å². The van der Waals surface area contributed by atoms with Crippen LogP contribution in [0.5, 0.6) is 0 Å². The number of benzene rings is 2. The van der Waals surface area contributed by atoms with Crippen molar-refractivity contribution in [1.82, 2.24) is 20.2 Å². The molecule has 3 aromatic rings. The van der Waals surface area contributed by atoms with Crippen LogP contribution in [-0.4, -0.2) is 26.1 Å². The molecule has 0 aliphatic rings. The number of hydrogen-bond acceptors (Lipinski definition) is 4. The van der Waals surface area contributed by atoms with Gasteiger partial charge < -0.3 is 5.32 Å². The van der Waals surface area contributed by atoms with Crippen LogP contribution < -0.4 is 5.32 Å². The van der Waals surface area contributed by atoms with Gasteiger partial charge in [0.25, 0.3) is 0 Å². The molecule has 0 bridgehead atoms. The van der Waals surface area contributed by atoms with Gasteiger partial charge in [-0.3, -0.25) is 4.79 Å². The van der Waals surface area contributed by atoms with E-state index in [0.29, 0.717) is 17.1 Å². The van der Waals surface area contributed by atoms with E-state index in [1.165, 1.54) is 6.07 Å². The van der Waals surface area contributed by atoms with Crippen LogP contribution >= 0.6 is 0 Å². The number of tetrazole rings is 1.